The predicted octanol–water partition coefficient (Wildman–Crippen LogP) is 1.81. The number of rotatable bonds is 5. The van der Waals surface area contributed by atoms with E-state index < -0.39 is 0 Å². The van der Waals surface area contributed by atoms with Crippen molar-refractivity contribution in [2.75, 3.05) is 44.8 Å². The van der Waals surface area contributed by atoms with Crippen LogP contribution >= 0.6 is 0 Å². The molecule has 2 aliphatic heterocycles. The zero-order valence-corrected chi connectivity index (χ0v) is 14.2. The van der Waals surface area contributed by atoms with E-state index in [9.17, 15) is 4.79 Å². The Morgan fingerprint density at radius 1 is 1.42 bits per heavy atom. The Morgan fingerprint density at radius 3 is 2.92 bits per heavy atom. The van der Waals surface area contributed by atoms with Gasteiger partial charge in [-0.3, -0.25) is 4.79 Å². The van der Waals surface area contributed by atoms with E-state index in [-0.39, 0.29) is 11.3 Å². The predicted molar refractivity (Wildman–Crippen MR) is 90.5 cm³/mol. The number of amides is 1. The minimum Gasteiger partial charge on any atom is -0.385 e. The van der Waals surface area contributed by atoms with Gasteiger partial charge in [-0.25, -0.2) is 4.98 Å². The molecule has 1 aromatic rings. The van der Waals surface area contributed by atoms with Crippen LogP contribution in [0.4, 0.5) is 5.82 Å². The number of nitriles is 1. The van der Waals surface area contributed by atoms with Gasteiger partial charge < -0.3 is 14.5 Å². The fraction of sp³-hybridized carbons (Fsp3) is 0.611. The van der Waals surface area contributed by atoms with E-state index in [4.69, 9.17) is 10.00 Å². The molecular formula is C18H24N4O2. The Kier molecular flexibility index (Phi) is 5.00. The normalized spacial score (nSPS) is 19.8. The summed E-state index contributed by atoms with van der Waals surface area (Å²) in [7, 11) is 1.69. The lowest BCUT2D eigenvalue weighted by atomic mass is 9.77. The molecule has 2 aliphatic rings. The number of methoxy groups -OCH3 is 1. The van der Waals surface area contributed by atoms with Crippen LogP contribution in [0.15, 0.2) is 18.3 Å². The maximum atomic E-state index is 12.3. The molecule has 2 saturated heterocycles. The summed E-state index contributed by atoms with van der Waals surface area (Å²) in [6.45, 7) is 4.15. The van der Waals surface area contributed by atoms with Gasteiger partial charge in [0.25, 0.3) is 0 Å². The van der Waals surface area contributed by atoms with E-state index in [0.29, 0.717) is 18.6 Å². The summed E-state index contributed by atoms with van der Waals surface area (Å²) in [5.41, 5.74) is 0.758. The quantitative estimate of drug-likeness (QED) is 0.771. The van der Waals surface area contributed by atoms with Crippen LogP contribution in [-0.4, -0.2) is 55.7 Å². The smallest absolute Gasteiger partial charge is 0.223 e. The van der Waals surface area contributed by atoms with Gasteiger partial charge in [0, 0.05) is 57.9 Å². The van der Waals surface area contributed by atoms with Crippen LogP contribution in [0.5, 0.6) is 0 Å². The van der Waals surface area contributed by atoms with E-state index >= 15 is 0 Å². The van der Waals surface area contributed by atoms with Crippen LogP contribution in [0.25, 0.3) is 0 Å². The van der Waals surface area contributed by atoms with E-state index in [1.165, 1.54) is 0 Å². The number of hydrogen-bond acceptors (Lipinski definition) is 5. The van der Waals surface area contributed by atoms with Gasteiger partial charge in [-0.2, -0.15) is 5.26 Å². The van der Waals surface area contributed by atoms with Gasteiger partial charge in [0.2, 0.25) is 5.91 Å². The first-order valence-corrected chi connectivity index (χ1v) is 8.54. The highest BCUT2D eigenvalue weighted by atomic mass is 16.5. The molecule has 0 atom stereocenters. The third kappa shape index (κ3) is 3.51. The van der Waals surface area contributed by atoms with Crippen LogP contribution in [0, 0.1) is 16.7 Å². The average molecular weight is 328 g/mol. The summed E-state index contributed by atoms with van der Waals surface area (Å²) < 4.78 is 5.08. The van der Waals surface area contributed by atoms with Crippen LogP contribution in [0.3, 0.4) is 0 Å². The molecule has 3 heterocycles. The molecule has 1 spiro atoms. The molecule has 6 nitrogen and oxygen atoms in total. The second-order valence-corrected chi connectivity index (χ2v) is 6.84. The van der Waals surface area contributed by atoms with Crippen molar-refractivity contribution in [2.24, 2.45) is 5.41 Å². The van der Waals surface area contributed by atoms with E-state index in [1.54, 1.807) is 19.4 Å². The number of ether oxygens (including phenoxy) is 1. The Hall–Kier alpha value is -2.13. The molecule has 0 bridgehead atoms. The highest BCUT2D eigenvalue weighted by Crippen LogP contribution is 2.41. The maximum absolute atomic E-state index is 12.3. The molecule has 0 aromatic carbocycles. The molecule has 24 heavy (non-hydrogen) atoms. The second-order valence-electron chi connectivity index (χ2n) is 6.84. The number of anilines is 1. The first-order chi connectivity index (χ1) is 11.7. The number of aromatic nitrogens is 1. The van der Waals surface area contributed by atoms with Crippen molar-refractivity contribution >= 4 is 11.7 Å². The second kappa shape index (κ2) is 7.18. The van der Waals surface area contributed by atoms with Gasteiger partial charge in [0.15, 0.2) is 0 Å². The topological polar surface area (TPSA) is 69.5 Å². The molecule has 1 aromatic heterocycles. The summed E-state index contributed by atoms with van der Waals surface area (Å²) in [6, 6.07) is 5.73. The zero-order chi connectivity index (χ0) is 17.0. The molecule has 0 unspecified atom stereocenters. The lowest BCUT2D eigenvalue weighted by Gasteiger charge is -2.39. The molecule has 0 aliphatic carbocycles. The van der Waals surface area contributed by atoms with Gasteiger partial charge >= 0.3 is 0 Å². The highest BCUT2D eigenvalue weighted by Gasteiger charge is 2.44. The highest BCUT2D eigenvalue weighted by molar-refractivity contribution is 5.79. The van der Waals surface area contributed by atoms with Gasteiger partial charge in [-0.05, 0) is 31.4 Å². The summed E-state index contributed by atoms with van der Waals surface area (Å²) in [4.78, 5) is 20.9. The molecule has 128 valence electrons. The molecule has 0 radical (unpaired) electrons. The first-order valence-electron chi connectivity index (χ1n) is 8.54. The fourth-order valence-corrected chi connectivity index (χ4v) is 3.79. The minimum absolute atomic E-state index is 0.119. The Bertz CT molecular complexity index is 632. The van der Waals surface area contributed by atoms with E-state index in [1.807, 2.05) is 11.0 Å². The molecule has 6 heteroatoms. The van der Waals surface area contributed by atoms with Crippen molar-refractivity contribution in [1.82, 2.24) is 9.88 Å². The summed E-state index contributed by atoms with van der Waals surface area (Å²) in [6.07, 6.45) is 5.25. The summed E-state index contributed by atoms with van der Waals surface area (Å²) >= 11 is 0. The van der Waals surface area contributed by atoms with E-state index in [0.717, 1.165) is 51.3 Å². The molecule has 0 saturated carbocycles. The molecule has 1 amide bonds. The average Bonchev–Trinajstić information content (AvgIpc) is 2.91. The van der Waals surface area contributed by atoms with Crippen molar-refractivity contribution < 1.29 is 9.53 Å². The monoisotopic (exact) mass is 328 g/mol. The lowest BCUT2D eigenvalue weighted by Crippen LogP contribution is -2.42. The van der Waals surface area contributed by atoms with Crippen molar-refractivity contribution in [3.63, 3.8) is 0 Å². The Morgan fingerprint density at radius 2 is 2.21 bits per heavy atom. The van der Waals surface area contributed by atoms with Crippen LogP contribution in [0.1, 0.15) is 31.2 Å². The Labute approximate surface area is 143 Å². The maximum Gasteiger partial charge on any atom is 0.223 e. The standard InChI is InChI=1S/C18H24N4O2/c1-24-10-2-7-22-14-18(12-17(22)23)4-8-21(9-5-18)16-11-15(13-19)3-6-20-16/h3,6,11H,2,4-5,7-10,12,14H2,1H3. The fourth-order valence-electron chi connectivity index (χ4n) is 3.79. The van der Waals surface area contributed by atoms with Gasteiger partial charge in [-0.15, -0.1) is 0 Å². The van der Waals surface area contributed by atoms with Crippen LogP contribution < -0.4 is 4.90 Å². The summed E-state index contributed by atoms with van der Waals surface area (Å²) in [5.74, 6) is 1.15. The van der Waals surface area contributed by atoms with Crippen LogP contribution in [0.2, 0.25) is 0 Å². The number of nitrogens with zero attached hydrogens (tertiary/aromatic N) is 4. The van der Waals surface area contributed by atoms with Crippen molar-refractivity contribution in [1.29, 1.82) is 5.26 Å². The number of carbonyl (C=O) groups excluding carboxylic acids is 1. The number of piperidine rings is 1. The van der Waals surface area contributed by atoms with Gasteiger partial charge in [-0.1, -0.05) is 0 Å². The Balaban J connectivity index is 1.58. The lowest BCUT2D eigenvalue weighted by molar-refractivity contribution is -0.128. The molecule has 0 N–H and O–H groups in total. The summed E-state index contributed by atoms with van der Waals surface area (Å²) in [5, 5.41) is 9.03. The molecule has 3 rings (SSSR count). The minimum atomic E-state index is 0.119. The number of pyridine rings is 1. The number of carbonyl (C=O) groups is 1. The first kappa shape index (κ1) is 16.7. The number of likely N-dealkylation sites (tertiary alicyclic amines) is 1. The van der Waals surface area contributed by atoms with Gasteiger partial charge in [0.1, 0.15) is 5.82 Å². The van der Waals surface area contributed by atoms with Crippen molar-refractivity contribution in [3.05, 3.63) is 23.9 Å². The molecular weight excluding hydrogens is 304 g/mol. The van der Waals surface area contributed by atoms with Gasteiger partial charge in [0.05, 0.1) is 11.6 Å². The van der Waals surface area contributed by atoms with Crippen molar-refractivity contribution in [2.45, 2.75) is 25.7 Å². The largest absolute Gasteiger partial charge is 0.385 e. The zero-order valence-electron chi connectivity index (χ0n) is 14.2. The third-order valence-corrected chi connectivity index (χ3v) is 5.20. The SMILES string of the molecule is COCCCN1CC2(CCN(c3cc(C#N)ccn3)CC2)CC1=O. The number of hydrogen-bond donors (Lipinski definition) is 0. The van der Waals surface area contributed by atoms with Crippen LogP contribution in [-0.2, 0) is 9.53 Å². The van der Waals surface area contributed by atoms with Crippen molar-refractivity contribution in [3.8, 4) is 6.07 Å². The van der Waals surface area contributed by atoms with E-state index in [2.05, 4.69) is 16.0 Å². The molecule has 2 fully saturated rings. The third-order valence-electron chi connectivity index (χ3n) is 5.20.